The first-order valence-electron chi connectivity index (χ1n) is 9.15. The van der Waals surface area contributed by atoms with Crippen LogP contribution in [-0.2, 0) is 4.79 Å². The first kappa shape index (κ1) is 16.8. The average Bonchev–Trinajstić information content (AvgIpc) is 2.54. The first-order chi connectivity index (χ1) is 10.1. The minimum atomic E-state index is -0.631. The molecule has 3 nitrogen and oxygen atoms in total. The smallest absolute Gasteiger partial charge is 0.239 e. The molecule has 21 heavy (non-hydrogen) atoms. The molecule has 0 aliphatic heterocycles. The van der Waals surface area contributed by atoms with Crippen LogP contribution in [0.25, 0.3) is 0 Å². The van der Waals surface area contributed by atoms with Crippen molar-refractivity contribution in [3.8, 4) is 0 Å². The Kier molecular flexibility index (Phi) is 6.53. The van der Waals surface area contributed by atoms with Crippen molar-refractivity contribution < 1.29 is 4.79 Å². The highest BCUT2D eigenvalue weighted by Crippen LogP contribution is 2.34. The van der Waals surface area contributed by atoms with E-state index < -0.39 is 5.54 Å². The van der Waals surface area contributed by atoms with Crippen molar-refractivity contribution in [2.75, 3.05) is 7.05 Å². The summed E-state index contributed by atoms with van der Waals surface area (Å²) >= 11 is 0. The van der Waals surface area contributed by atoms with E-state index in [4.69, 9.17) is 5.73 Å². The normalized spacial score (nSPS) is 24.5. The quantitative estimate of drug-likeness (QED) is 0.783. The van der Waals surface area contributed by atoms with Gasteiger partial charge in [-0.05, 0) is 31.1 Å². The molecule has 0 bridgehead atoms. The van der Waals surface area contributed by atoms with Crippen molar-refractivity contribution in [1.82, 2.24) is 5.32 Å². The molecule has 0 aromatic heterocycles. The van der Waals surface area contributed by atoms with Gasteiger partial charge in [-0.3, -0.25) is 4.79 Å². The number of nitrogens with two attached hydrogens (primary N) is 1. The predicted molar refractivity (Wildman–Crippen MR) is 88.0 cm³/mol. The maximum atomic E-state index is 12.3. The van der Waals surface area contributed by atoms with E-state index in [1.807, 2.05) is 0 Å². The van der Waals surface area contributed by atoms with E-state index in [9.17, 15) is 4.79 Å². The van der Waals surface area contributed by atoms with E-state index in [-0.39, 0.29) is 5.91 Å². The molecule has 1 atom stereocenters. The van der Waals surface area contributed by atoms with Crippen LogP contribution < -0.4 is 11.1 Å². The van der Waals surface area contributed by atoms with Gasteiger partial charge in [0.15, 0.2) is 0 Å². The molecule has 2 rings (SSSR count). The molecule has 2 saturated carbocycles. The molecule has 2 aliphatic carbocycles. The number of amides is 1. The number of carbonyl (C=O) groups is 1. The van der Waals surface area contributed by atoms with Gasteiger partial charge in [-0.1, -0.05) is 64.2 Å². The number of hydrogen-bond acceptors (Lipinski definition) is 2. The molecule has 0 saturated heterocycles. The SMILES string of the molecule is CNC(=O)[C@@](N)(CCC1CCCCC1)CC1CCCCC1. The van der Waals surface area contributed by atoms with E-state index in [1.54, 1.807) is 7.05 Å². The molecule has 2 aliphatic rings. The van der Waals surface area contributed by atoms with Crippen molar-refractivity contribution in [2.24, 2.45) is 17.6 Å². The number of rotatable bonds is 6. The molecule has 1 amide bonds. The van der Waals surface area contributed by atoms with E-state index in [0.717, 1.165) is 25.2 Å². The maximum Gasteiger partial charge on any atom is 0.239 e. The summed E-state index contributed by atoms with van der Waals surface area (Å²) in [7, 11) is 1.73. The third-order valence-corrected chi connectivity index (χ3v) is 5.78. The molecule has 3 heteroatoms. The molecule has 0 heterocycles. The summed E-state index contributed by atoms with van der Waals surface area (Å²) in [6, 6.07) is 0. The molecule has 0 spiro atoms. The van der Waals surface area contributed by atoms with Crippen LogP contribution >= 0.6 is 0 Å². The van der Waals surface area contributed by atoms with Gasteiger partial charge < -0.3 is 11.1 Å². The number of carbonyl (C=O) groups excluding carboxylic acids is 1. The van der Waals surface area contributed by atoms with Gasteiger partial charge in [-0.2, -0.15) is 0 Å². The summed E-state index contributed by atoms with van der Waals surface area (Å²) in [5, 5.41) is 2.82. The van der Waals surface area contributed by atoms with Crippen molar-refractivity contribution in [2.45, 2.75) is 89.0 Å². The van der Waals surface area contributed by atoms with Crippen LogP contribution in [0.1, 0.15) is 83.5 Å². The van der Waals surface area contributed by atoms with E-state index in [1.165, 1.54) is 64.2 Å². The lowest BCUT2D eigenvalue weighted by Crippen LogP contribution is -2.54. The fraction of sp³-hybridized carbons (Fsp3) is 0.944. The Balaban J connectivity index is 1.89. The molecule has 0 radical (unpaired) electrons. The van der Waals surface area contributed by atoms with Crippen LogP contribution in [0, 0.1) is 11.8 Å². The van der Waals surface area contributed by atoms with Crippen LogP contribution in [0.15, 0.2) is 0 Å². The maximum absolute atomic E-state index is 12.3. The third-order valence-electron chi connectivity index (χ3n) is 5.78. The molecule has 0 unspecified atom stereocenters. The highest BCUT2D eigenvalue weighted by molar-refractivity contribution is 5.85. The second-order valence-corrected chi connectivity index (χ2v) is 7.49. The molecule has 122 valence electrons. The zero-order chi connectivity index (χ0) is 15.1. The Morgan fingerprint density at radius 3 is 2.05 bits per heavy atom. The summed E-state index contributed by atoms with van der Waals surface area (Å²) in [4.78, 5) is 12.3. The monoisotopic (exact) mass is 294 g/mol. The molecular formula is C18H34N2O. The van der Waals surface area contributed by atoms with Gasteiger partial charge in [-0.15, -0.1) is 0 Å². The van der Waals surface area contributed by atoms with E-state index >= 15 is 0 Å². The van der Waals surface area contributed by atoms with Crippen LogP contribution in [0.4, 0.5) is 0 Å². The summed E-state index contributed by atoms with van der Waals surface area (Å²) in [5.41, 5.74) is 5.96. The third kappa shape index (κ3) is 4.98. The highest BCUT2D eigenvalue weighted by Gasteiger charge is 2.36. The Morgan fingerprint density at radius 2 is 1.52 bits per heavy atom. The highest BCUT2D eigenvalue weighted by atomic mass is 16.2. The Hall–Kier alpha value is -0.570. The second kappa shape index (κ2) is 8.17. The van der Waals surface area contributed by atoms with Crippen molar-refractivity contribution in [3.63, 3.8) is 0 Å². The lowest BCUT2D eigenvalue weighted by molar-refractivity contribution is -0.127. The van der Waals surface area contributed by atoms with Crippen LogP contribution in [0.3, 0.4) is 0 Å². The standard InChI is InChI=1S/C18H34N2O/c1-20-17(21)18(19,14-16-10-6-3-7-11-16)13-12-15-8-4-2-5-9-15/h15-16H,2-14,19H2,1H3,(H,20,21)/t18-/m1/s1. The zero-order valence-corrected chi connectivity index (χ0v) is 13.8. The number of likely N-dealkylation sites (N-methyl/N-ethyl adjacent to an activating group) is 1. The van der Waals surface area contributed by atoms with Gasteiger partial charge in [0.05, 0.1) is 5.54 Å². The topological polar surface area (TPSA) is 55.1 Å². The summed E-state index contributed by atoms with van der Waals surface area (Å²) in [6.45, 7) is 0. The van der Waals surface area contributed by atoms with E-state index in [2.05, 4.69) is 5.32 Å². The van der Waals surface area contributed by atoms with E-state index in [0.29, 0.717) is 5.92 Å². The van der Waals surface area contributed by atoms with Crippen LogP contribution in [0.2, 0.25) is 0 Å². The van der Waals surface area contributed by atoms with Gasteiger partial charge in [0.2, 0.25) is 5.91 Å². The fourth-order valence-electron chi connectivity index (χ4n) is 4.40. The predicted octanol–water partition coefficient (Wildman–Crippen LogP) is 3.76. The number of hydrogen-bond donors (Lipinski definition) is 2. The molecule has 3 N–H and O–H groups in total. The van der Waals surface area contributed by atoms with Gasteiger partial charge in [0, 0.05) is 7.05 Å². The molecule has 0 aromatic carbocycles. The van der Waals surface area contributed by atoms with Crippen LogP contribution in [0.5, 0.6) is 0 Å². The summed E-state index contributed by atoms with van der Waals surface area (Å²) < 4.78 is 0. The Bertz CT molecular complexity index is 319. The van der Waals surface area contributed by atoms with Crippen molar-refractivity contribution >= 4 is 5.91 Å². The van der Waals surface area contributed by atoms with Crippen molar-refractivity contribution in [3.05, 3.63) is 0 Å². The Labute approximate surface area is 130 Å². The van der Waals surface area contributed by atoms with Gasteiger partial charge in [-0.25, -0.2) is 0 Å². The minimum Gasteiger partial charge on any atom is -0.358 e. The number of nitrogens with one attached hydrogen (secondary N) is 1. The molecule has 0 aromatic rings. The molecule has 2 fully saturated rings. The van der Waals surface area contributed by atoms with Crippen LogP contribution in [-0.4, -0.2) is 18.5 Å². The largest absolute Gasteiger partial charge is 0.358 e. The van der Waals surface area contributed by atoms with Crippen molar-refractivity contribution in [1.29, 1.82) is 0 Å². The summed E-state index contributed by atoms with van der Waals surface area (Å²) in [6.07, 6.45) is 16.2. The van der Waals surface area contributed by atoms with Gasteiger partial charge >= 0.3 is 0 Å². The summed E-state index contributed by atoms with van der Waals surface area (Å²) in [5.74, 6) is 1.52. The fourth-order valence-corrected chi connectivity index (χ4v) is 4.40. The van der Waals surface area contributed by atoms with Gasteiger partial charge in [0.1, 0.15) is 0 Å². The zero-order valence-electron chi connectivity index (χ0n) is 13.8. The average molecular weight is 294 g/mol. The Morgan fingerprint density at radius 1 is 1.00 bits per heavy atom. The first-order valence-corrected chi connectivity index (χ1v) is 9.15. The lowest BCUT2D eigenvalue weighted by Gasteiger charge is -2.35. The second-order valence-electron chi connectivity index (χ2n) is 7.49. The van der Waals surface area contributed by atoms with Gasteiger partial charge in [0.25, 0.3) is 0 Å². The minimum absolute atomic E-state index is 0.0592. The lowest BCUT2D eigenvalue weighted by atomic mass is 9.75. The molecular weight excluding hydrogens is 260 g/mol.